The highest BCUT2D eigenvalue weighted by atomic mass is 32.2. The highest BCUT2D eigenvalue weighted by Gasteiger charge is 2.18. The van der Waals surface area contributed by atoms with E-state index in [0.29, 0.717) is 11.4 Å². The summed E-state index contributed by atoms with van der Waals surface area (Å²) in [5.74, 6) is 0.214. The van der Waals surface area contributed by atoms with Gasteiger partial charge in [0.15, 0.2) is 0 Å². The van der Waals surface area contributed by atoms with Gasteiger partial charge < -0.3 is 10.1 Å². The van der Waals surface area contributed by atoms with Crippen molar-refractivity contribution in [2.75, 3.05) is 12.4 Å². The number of ether oxygens (including phenoxy) is 1. The average molecular weight is 367 g/mol. The average Bonchev–Trinajstić information content (AvgIpc) is 2.69. The molecule has 0 aliphatic carbocycles. The van der Waals surface area contributed by atoms with Crippen molar-refractivity contribution in [2.24, 2.45) is 0 Å². The summed E-state index contributed by atoms with van der Waals surface area (Å²) >= 11 is 0. The Morgan fingerprint density at radius 1 is 0.846 bits per heavy atom. The second-order valence-electron chi connectivity index (χ2n) is 5.53. The van der Waals surface area contributed by atoms with Crippen molar-refractivity contribution >= 4 is 21.4 Å². The van der Waals surface area contributed by atoms with Crippen LogP contribution in [0, 0.1) is 0 Å². The molecule has 0 bridgehead atoms. The van der Waals surface area contributed by atoms with Crippen LogP contribution in [0.15, 0.2) is 88.7 Å². The molecule has 26 heavy (non-hydrogen) atoms. The van der Waals surface area contributed by atoms with Crippen LogP contribution < -0.4 is 10.1 Å². The molecular formula is C20H17NO4S. The first-order valence-corrected chi connectivity index (χ1v) is 9.34. The smallest absolute Gasteiger partial charge is 0.255 e. The molecule has 0 saturated heterocycles. The Morgan fingerprint density at radius 3 is 2.27 bits per heavy atom. The number of sulfone groups is 1. The molecule has 0 fully saturated rings. The molecule has 6 heteroatoms. The minimum Gasteiger partial charge on any atom is -0.497 e. The third-order valence-electron chi connectivity index (χ3n) is 3.79. The lowest BCUT2D eigenvalue weighted by Gasteiger charge is -2.09. The van der Waals surface area contributed by atoms with E-state index in [2.05, 4.69) is 5.32 Å². The number of benzene rings is 3. The highest BCUT2D eigenvalue weighted by Crippen LogP contribution is 2.22. The second-order valence-corrected chi connectivity index (χ2v) is 7.48. The van der Waals surface area contributed by atoms with Crippen LogP contribution in [0.3, 0.4) is 0 Å². The molecule has 3 rings (SSSR count). The van der Waals surface area contributed by atoms with Crippen molar-refractivity contribution in [2.45, 2.75) is 9.79 Å². The third kappa shape index (κ3) is 3.75. The highest BCUT2D eigenvalue weighted by molar-refractivity contribution is 7.91. The maximum absolute atomic E-state index is 12.7. The number of methoxy groups -OCH3 is 1. The number of carbonyl (C=O) groups is 1. The zero-order valence-corrected chi connectivity index (χ0v) is 14.9. The SMILES string of the molecule is COc1cccc(NC(=O)c2cccc(S(=O)(=O)c3ccccc3)c2)c1. The second kappa shape index (κ2) is 7.41. The minimum atomic E-state index is -3.68. The fourth-order valence-electron chi connectivity index (χ4n) is 2.44. The zero-order chi connectivity index (χ0) is 18.6. The van der Waals surface area contributed by atoms with E-state index in [1.807, 2.05) is 0 Å². The van der Waals surface area contributed by atoms with Crippen LogP contribution in [0.4, 0.5) is 5.69 Å². The largest absolute Gasteiger partial charge is 0.497 e. The van der Waals surface area contributed by atoms with Crippen molar-refractivity contribution in [3.63, 3.8) is 0 Å². The summed E-state index contributed by atoms with van der Waals surface area (Å²) in [7, 11) is -2.14. The molecule has 1 amide bonds. The predicted octanol–water partition coefficient (Wildman–Crippen LogP) is 3.78. The molecule has 5 nitrogen and oxygen atoms in total. The summed E-state index contributed by atoms with van der Waals surface area (Å²) in [5, 5.41) is 2.74. The van der Waals surface area contributed by atoms with Crippen LogP contribution in [0.5, 0.6) is 5.75 Å². The van der Waals surface area contributed by atoms with Gasteiger partial charge in [-0.1, -0.05) is 30.3 Å². The number of rotatable bonds is 5. The van der Waals surface area contributed by atoms with Crippen molar-refractivity contribution in [1.29, 1.82) is 0 Å². The van der Waals surface area contributed by atoms with E-state index < -0.39 is 15.7 Å². The molecule has 3 aromatic carbocycles. The van der Waals surface area contributed by atoms with E-state index in [1.165, 1.54) is 24.3 Å². The first kappa shape index (κ1) is 17.7. The minimum absolute atomic E-state index is 0.0713. The van der Waals surface area contributed by atoms with Crippen LogP contribution in [-0.2, 0) is 9.84 Å². The molecule has 0 heterocycles. The van der Waals surface area contributed by atoms with E-state index in [9.17, 15) is 13.2 Å². The van der Waals surface area contributed by atoms with Gasteiger partial charge in [0, 0.05) is 17.3 Å². The fraction of sp³-hybridized carbons (Fsp3) is 0.0500. The summed E-state index contributed by atoms with van der Waals surface area (Å²) in [6.45, 7) is 0. The summed E-state index contributed by atoms with van der Waals surface area (Å²) in [5.41, 5.74) is 0.815. The number of anilines is 1. The van der Waals surface area contributed by atoms with Gasteiger partial charge in [-0.3, -0.25) is 4.79 Å². The van der Waals surface area contributed by atoms with Gasteiger partial charge in [-0.25, -0.2) is 8.42 Å². The molecule has 0 aromatic heterocycles. The van der Waals surface area contributed by atoms with Gasteiger partial charge in [-0.15, -0.1) is 0 Å². The number of hydrogen-bond acceptors (Lipinski definition) is 4. The summed E-state index contributed by atoms with van der Waals surface area (Å²) in [6.07, 6.45) is 0. The maximum atomic E-state index is 12.7. The molecule has 0 saturated carbocycles. The number of carbonyl (C=O) groups excluding carboxylic acids is 1. The van der Waals surface area contributed by atoms with Crippen LogP contribution >= 0.6 is 0 Å². The van der Waals surface area contributed by atoms with E-state index in [0.717, 1.165) is 0 Å². The number of amides is 1. The van der Waals surface area contributed by atoms with Crippen molar-refractivity contribution in [3.8, 4) is 5.75 Å². The maximum Gasteiger partial charge on any atom is 0.255 e. The molecule has 0 radical (unpaired) electrons. The van der Waals surface area contributed by atoms with E-state index in [4.69, 9.17) is 4.74 Å². The lowest BCUT2D eigenvalue weighted by molar-refractivity contribution is 0.102. The Morgan fingerprint density at radius 2 is 1.54 bits per heavy atom. The van der Waals surface area contributed by atoms with Crippen molar-refractivity contribution < 1.29 is 17.9 Å². The monoisotopic (exact) mass is 367 g/mol. The first-order chi connectivity index (χ1) is 12.5. The topological polar surface area (TPSA) is 72.5 Å². The number of hydrogen-bond donors (Lipinski definition) is 1. The van der Waals surface area contributed by atoms with Gasteiger partial charge in [0.2, 0.25) is 9.84 Å². The van der Waals surface area contributed by atoms with Gasteiger partial charge in [-0.2, -0.15) is 0 Å². The third-order valence-corrected chi connectivity index (χ3v) is 5.55. The Kier molecular flexibility index (Phi) is 5.04. The van der Waals surface area contributed by atoms with Crippen molar-refractivity contribution in [1.82, 2.24) is 0 Å². The van der Waals surface area contributed by atoms with E-state index in [1.54, 1.807) is 61.7 Å². The van der Waals surface area contributed by atoms with Crippen LogP contribution in [-0.4, -0.2) is 21.4 Å². The van der Waals surface area contributed by atoms with E-state index >= 15 is 0 Å². The summed E-state index contributed by atoms with van der Waals surface area (Å²) in [6, 6.07) is 21.0. The summed E-state index contributed by atoms with van der Waals surface area (Å²) < 4.78 is 30.5. The van der Waals surface area contributed by atoms with Gasteiger partial charge in [0.1, 0.15) is 5.75 Å². The van der Waals surface area contributed by atoms with Crippen LogP contribution in [0.2, 0.25) is 0 Å². The van der Waals surface area contributed by atoms with Crippen LogP contribution in [0.1, 0.15) is 10.4 Å². The molecule has 0 atom stereocenters. The Labute approximate surface area is 152 Å². The zero-order valence-electron chi connectivity index (χ0n) is 14.0. The van der Waals surface area contributed by atoms with Crippen LogP contribution in [0.25, 0.3) is 0 Å². The fourth-order valence-corrected chi connectivity index (χ4v) is 3.77. The number of nitrogens with one attached hydrogen (secondary N) is 1. The quantitative estimate of drug-likeness (QED) is 0.745. The molecule has 3 aromatic rings. The van der Waals surface area contributed by atoms with E-state index in [-0.39, 0.29) is 15.4 Å². The molecule has 132 valence electrons. The Hall–Kier alpha value is -3.12. The van der Waals surface area contributed by atoms with Crippen molar-refractivity contribution in [3.05, 3.63) is 84.4 Å². The molecule has 0 aliphatic heterocycles. The standard InChI is InChI=1S/C20H17NO4S/c1-25-17-9-6-8-16(14-17)21-20(22)15-7-5-12-19(13-15)26(23,24)18-10-3-2-4-11-18/h2-14H,1H3,(H,21,22). The Bertz CT molecular complexity index is 1030. The van der Waals surface area contributed by atoms with Gasteiger partial charge in [0.25, 0.3) is 5.91 Å². The predicted molar refractivity (Wildman–Crippen MR) is 99.3 cm³/mol. The lowest BCUT2D eigenvalue weighted by Crippen LogP contribution is -2.13. The van der Waals surface area contributed by atoms with Gasteiger partial charge >= 0.3 is 0 Å². The normalized spacial score (nSPS) is 11.0. The van der Waals surface area contributed by atoms with Gasteiger partial charge in [0.05, 0.1) is 16.9 Å². The Balaban J connectivity index is 1.88. The summed E-state index contributed by atoms with van der Waals surface area (Å²) in [4.78, 5) is 12.7. The molecular weight excluding hydrogens is 350 g/mol. The van der Waals surface area contributed by atoms with Gasteiger partial charge in [-0.05, 0) is 42.5 Å². The molecule has 0 aliphatic rings. The lowest BCUT2D eigenvalue weighted by atomic mass is 10.2. The molecule has 0 unspecified atom stereocenters. The molecule has 0 spiro atoms. The first-order valence-electron chi connectivity index (χ1n) is 7.86. The molecule has 1 N–H and O–H groups in total.